The van der Waals surface area contributed by atoms with Gasteiger partial charge in [0, 0.05) is 17.9 Å². The van der Waals surface area contributed by atoms with E-state index < -0.39 is 5.60 Å². The van der Waals surface area contributed by atoms with Crippen LogP contribution in [0, 0.1) is 0 Å². The Morgan fingerprint density at radius 1 is 1.47 bits per heavy atom. The van der Waals surface area contributed by atoms with Crippen molar-refractivity contribution in [3.63, 3.8) is 0 Å². The molecule has 0 aromatic heterocycles. The fourth-order valence-corrected chi connectivity index (χ4v) is 2.50. The SMILES string of the molecule is CSCC(C)(O)CNC(=O)c1ccc2c(c1)OCO2. The minimum Gasteiger partial charge on any atom is -0.454 e. The van der Waals surface area contributed by atoms with Gasteiger partial charge in [0.05, 0.1) is 5.60 Å². The van der Waals surface area contributed by atoms with E-state index in [0.29, 0.717) is 22.8 Å². The molecule has 6 heteroatoms. The molecule has 2 rings (SSSR count). The van der Waals surface area contributed by atoms with Gasteiger partial charge in [0.15, 0.2) is 11.5 Å². The minimum atomic E-state index is -0.911. The van der Waals surface area contributed by atoms with Crippen molar-refractivity contribution in [1.29, 1.82) is 0 Å². The summed E-state index contributed by atoms with van der Waals surface area (Å²) in [6.07, 6.45) is 1.91. The smallest absolute Gasteiger partial charge is 0.251 e. The van der Waals surface area contributed by atoms with Crippen LogP contribution >= 0.6 is 11.8 Å². The highest BCUT2D eigenvalue weighted by molar-refractivity contribution is 7.98. The normalized spacial score (nSPS) is 15.9. The first kappa shape index (κ1) is 14.0. The first-order valence-corrected chi connectivity index (χ1v) is 7.30. The molecule has 1 aliphatic rings. The molecule has 104 valence electrons. The first-order chi connectivity index (χ1) is 9.02. The third-order valence-corrected chi connectivity index (χ3v) is 3.63. The Bertz CT molecular complexity index is 476. The van der Waals surface area contributed by atoms with Crippen molar-refractivity contribution in [3.05, 3.63) is 23.8 Å². The Labute approximate surface area is 116 Å². The van der Waals surface area contributed by atoms with Crippen molar-refractivity contribution >= 4 is 17.7 Å². The zero-order chi connectivity index (χ0) is 13.9. The van der Waals surface area contributed by atoms with Crippen LogP contribution in [0.2, 0.25) is 0 Å². The Hall–Kier alpha value is -1.40. The number of rotatable bonds is 5. The van der Waals surface area contributed by atoms with Crippen LogP contribution in [-0.2, 0) is 0 Å². The second-order valence-electron chi connectivity index (χ2n) is 4.68. The van der Waals surface area contributed by atoms with Crippen molar-refractivity contribution in [3.8, 4) is 11.5 Å². The zero-order valence-corrected chi connectivity index (χ0v) is 11.8. The number of amides is 1. The lowest BCUT2D eigenvalue weighted by molar-refractivity contribution is 0.0725. The number of aliphatic hydroxyl groups is 1. The van der Waals surface area contributed by atoms with Crippen LogP contribution in [0.5, 0.6) is 11.5 Å². The van der Waals surface area contributed by atoms with Crippen molar-refractivity contribution < 1.29 is 19.4 Å². The second kappa shape index (κ2) is 5.71. The summed E-state index contributed by atoms with van der Waals surface area (Å²) in [7, 11) is 0. The number of carbonyl (C=O) groups excluding carboxylic acids is 1. The third-order valence-electron chi connectivity index (χ3n) is 2.72. The molecular weight excluding hydrogens is 266 g/mol. The van der Waals surface area contributed by atoms with Gasteiger partial charge in [0.25, 0.3) is 5.91 Å². The van der Waals surface area contributed by atoms with Gasteiger partial charge in [-0.15, -0.1) is 0 Å². The van der Waals surface area contributed by atoms with Crippen LogP contribution in [0.25, 0.3) is 0 Å². The summed E-state index contributed by atoms with van der Waals surface area (Å²) in [5.74, 6) is 1.54. The van der Waals surface area contributed by atoms with Gasteiger partial charge in [0.2, 0.25) is 6.79 Å². The Morgan fingerprint density at radius 2 is 2.21 bits per heavy atom. The number of hydrogen-bond acceptors (Lipinski definition) is 5. The number of benzene rings is 1. The molecule has 19 heavy (non-hydrogen) atoms. The van der Waals surface area contributed by atoms with Crippen molar-refractivity contribution in [2.75, 3.05) is 25.3 Å². The fourth-order valence-electron chi connectivity index (χ4n) is 1.77. The largest absolute Gasteiger partial charge is 0.454 e. The molecule has 1 aromatic rings. The van der Waals surface area contributed by atoms with Crippen molar-refractivity contribution in [2.45, 2.75) is 12.5 Å². The molecule has 0 fully saturated rings. The summed E-state index contributed by atoms with van der Waals surface area (Å²) < 4.78 is 10.4. The molecule has 1 unspecified atom stereocenters. The van der Waals surface area contributed by atoms with Gasteiger partial charge in [-0.2, -0.15) is 11.8 Å². The van der Waals surface area contributed by atoms with Gasteiger partial charge in [-0.3, -0.25) is 4.79 Å². The second-order valence-corrected chi connectivity index (χ2v) is 5.55. The monoisotopic (exact) mass is 283 g/mol. The molecule has 1 atom stereocenters. The predicted molar refractivity (Wildman–Crippen MR) is 73.9 cm³/mol. The first-order valence-electron chi connectivity index (χ1n) is 5.91. The summed E-state index contributed by atoms with van der Waals surface area (Å²) >= 11 is 1.53. The molecular formula is C13H17NO4S. The van der Waals surface area contributed by atoms with Crippen molar-refractivity contribution in [1.82, 2.24) is 5.32 Å². The molecule has 0 bridgehead atoms. The van der Waals surface area contributed by atoms with Gasteiger partial charge < -0.3 is 19.9 Å². The maximum Gasteiger partial charge on any atom is 0.251 e. The van der Waals surface area contributed by atoms with E-state index >= 15 is 0 Å². The van der Waals surface area contributed by atoms with Crippen LogP contribution in [0.15, 0.2) is 18.2 Å². The summed E-state index contributed by atoms with van der Waals surface area (Å²) in [5, 5.41) is 12.7. The molecule has 0 saturated carbocycles. The molecule has 0 aliphatic carbocycles. The van der Waals surface area contributed by atoms with E-state index in [1.807, 2.05) is 6.26 Å². The molecule has 1 aromatic carbocycles. The van der Waals surface area contributed by atoms with Gasteiger partial charge in [-0.25, -0.2) is 0 Å². The lowest BCUT2D eigenvalue weighted by Gasteiger charge is -2.22. The van der Waals surface area contributed by atoms with Gasteiger partial charge >= 0.3 is 0 Å². The maximum atomic E-state index is 12.0. The topological polar surface area (TPSA) is 67.8 Å². The number of thioether (sulfide) groups is 1. The Morgan fingerprint density at radius 3 is 2.95 bits per heavy atom. The van der Waals surface area contributed by atoms with Gasteiger partial charge in [-0.05, 0) is 31.4 Å². The number of hydrogen-bond donors (Lipinski definition) is 2. The maximum absolute atomic E-state index is 12.0. The average molecular weight is 283 g/mol. The highest BCUT2D eigenvalue weighted by atomic mass is 32.2. The molecule has 5 nitrogen and oxygen atoms in total. The third kappa shape index (κ3) is 3.54. The van der Waals surface area contributed by atoms with E-state index in [9.17, 15) is 9.90 Å². The summed E-state index contributed by atoms with van der Waals surface area (Å²) in [4.78, 5) is 12.0. The molecule has 0 spiro atoms. The fraction of sp³-hybridized carbons (Fsp3) is 0.462. The Kier molecular flexibility index (Phi) is 4.21. The standard InChI is InChI=1S/C13H17NO4S/c1-13(16,7-19-2)6-14-12(15)9-3-4-10-11(5-9)18-8-17-10/h3-5,16H,6-8H2,1-2H3,(H,14,15). The van der Waals surface area contributed by atoms with Crippen LogP contribution in [0.3, 0.4) is 0 Å². The quantitative estimate of drug-likeness (QED) is 0.851. The summed E-state index contributed by atoms with van der Waals surface area (Å²) in [5.41, 5.74) is -0.421. The van der Waals surface area contributed by atoms with Crippen LogP contribution in [0.4, 0.5) is 0 Å². The van der Waals surface area contributed by atoms with Crippen molar-refractivity contribution in [2.24, 2.45) is 0 Å². The molecule has 1 heterocycles. The van der Waals surface area contributed by atoms with Gasteiger partial charge in [-0.1, -0.05) is 0 Å². The van der Waals surface area contributed by atoms with Gasteiger partial charge in [0.1, 0.15) is 0 Å². The lowest BCUT2D eigenvalue weighted by Crippen LogP contribution is -2.42. The molecule has 1 aliphatic heterocycles. The van der Waals surface area contributed by atoms with Crippen LogP contribution in [-0.4, -0.2) is 42.0 Å². The number of carbonyl (C=O) groups is 1. The number of ether oxygens (including phenoxy) is 2. The summed E-state index contributed by atoms with van der Waals surface area (Å²) in [6, 6.07) is 5.02. The molecule has 2 N–H and O–H groups in total. The zero-order valence-electron chi connectivity index (χ0n) is 10.9. The average Bonchev–Trinajstić information content (AvgIpc) is 2.83. The lowest BCUT2D eigenvalue weighted by atomic mass is 10.1. The number of nitrogens with one attached hydrogen (secondary N) is 1. The highest BCUT2D eigenvalue weighted by Crippen LogP contribution is 2.32. The van der Waals surface area contributed by atoms with E-state index in [2.05, 4.69) is 5.32 Å². The minimum absolute atomic E-state index is 0.183. The summed E-state index contributed by atoms with van der Waals surface area (Å²) in [6.45, 7) is 2.09. The van der Waals surface area contributed by atoms with E-state index in [1.165, 1.54) is 11.8 Å². The van der Waals surface area contributed by atoms with Crippen LogP contribution < -0.4 is 14.8 Å². The highest BCUT2D eigenvalue weighted by Gasteiger charge is 2.22. The van der Waals surface area contributed by atoms with E-state index in [-0.39, 0.29) is 19.2 Å². The molecule has 1 amide bonds. The van der Waals surface area contributed by atoms with E-state index in [0.717, 1.165) is 0 Å². The van der Waals surface area contributed by atoms with E-state index in [4.69, 9.17) is 9.47 Å². The number of fused-ring (bicyclic) bond motifs is 1. The van der Waals surface area contributed by atoms with E-state index in [1.54, 1.807) is 25.1 Å². The Balaban J connectivity index is 1.97. The van der Waals surface area contributed by atoms with Crippen LogP contribution in [0.1, 0.15) is 17.3 Å². The predicted octanol–water partition coefficient (Wildman–Crippen LogP) is 1.26. The molecule has 0 radical (unpaired) electrons. The molecule has 0 saturated heterocycles.